The Balaban J connectivity index is 1.95. The van der Waals surface area contributed by atoms with Crippen molar-refractivity contribution in [1.82, 2.24) is 0 Å². The molecule has 3 rings (SSSR count). The molecule has 0 bridgehead atoms. The zero-order valence-electron chi connectivity index (χ0n) is 15.8. The summed E-state index contributed by atoms with van der Waals surface area (Å²) < 4.78 is 41.1. The fraction of sp³-hybridized carbons (Fsp3) is 0.348. The maximum atomic E-state index is 13.7. The third-order valence-corrected chi connectivity index (χ3v) is 5.42. The Morgan fingerprint density at radius 3 is 2.30 bits per heavy atom. The first kappa shape index (κ1) is 19.4. The Morgan fingerprint density at radius 2 is 1.67 bits per heavy atom. The van der Waals surface area contributed by atoms with Crippen molar-refractivity contribution in [3.63, 3.8) is 0 Å². The van der Waals surface area contributed by atoms with E-state index in [1.807, 2.05) is 26.8 Å². The number of Topliss-reactive ketones (excluding diaryl/α,β-unsaturated/α-hetero) is 1. The van der Waals surface area contributed by atoms with Crippen LogP contribution in [-0.4, -0.2) is 12.0 Å². The fourth-order valence-corrected chi connectivity index (χ4v) is 3.64. The summed E-state index contributed by atoms with van der Waals surface area (Å²) >= 11 is 0. The van der Waals surface area contributed by atoms with Gasteiger partial charge < -0.3 is 0 Å². The normalized spacial score (nSPS) is 15.9. The predicted molar refractivity (Wildman–Crippen MR) is 102 cm³/mol. The number of halogens is 3. The smallest absolute Gasteiger partial charge is 0.294 e. The molecule has 2 aromatic rings. The van der Waals surface area contributed by atoms with E-state index < -0.39 is 12.1 Å². The van der Waals surface area contributed by atoms with E-state index in [1.54, 1.807) is 24.3 Å². The van der Waals surface area contributed by atoms with Crippen LogP contribution in [0.2, 0.25) is 0 Å². The Kier molecular flexibility index (Phi) is 5.27. The number of carbonyl (C=O) groups is 1. The van der Waals surface area contributed by atoms with Gasteiger partial charge in [-0.05, 0) is 67.0 Å². The highest BCUT2D eigenvalue weighted by atomic mass is 19.4. The fourth-order valence-electron chi connectivity index (χ4n) is 3.64. The van der Waals surface area contributed by atoms with Crippen LogP contribution in [0, 0.1) is 20.8 Å². The molecule has 1 unspecified atom stereocenters. The van der Waals surface area contributed by atoms with Crippen LogP contribution >= 0.6 is 0 Å². The molecule has 1 aliphatic rings. The van der Waals surface area contributed by atoms with Gasteiger partial charge in [-0.3, -0.25) is 4.79 Å². The molecule has 0 aliphatic heterocycles. The summed E-state index contributed by atoms with van der Waals surface area (Å²) in [5.41, 5.74) is 5.32. The van der Waals surface area contributed by atoms with E-state index in [-0.39, 0.29) is 11.3 Å². The van der Waals surface area contributed by atoms with E-state index in [4.69, 9.17) is 0 Å². The molecule has 0 N–H and O–H groups in total. The quantitative estimate of drug-likeness (QED) is 0.602. The number of alkyl halides is 3. The molecule has 0 saturated heterocycles. The molecule has 0 saturated carbocycles. The topological polar surface area (TPSA) is 17.1 Å². The lowest BCUT2D eigenvalue weighted by atomic mass is 9.88. The van der Waals surface area contributed by atoms with Crippen molar-refractivity contribution < 1.29 is 18.0 Å². The van der Waals surface area contributed by atoms with Gasteiger partial charge in [0.15, 0.2) is 5.78 Å². The first-order valence-corrected chi connectivity index (χ1v) is 9.15. The lowest BCUT2D eigenvalue weighted by molar-refractivity contribution is -0.139. The van der Waals surface area contributed by atoms with Crippen molar-refractivity contribution >= 4 is 11.9 Å². The van der Waals surface area contributed by atoms with Crippen LogP contribution in [0.4, 0.5) is 13.2 Å². The molecule has 0 radical (unpaired) electrons. The van der Waals surface area contributed by atoms with Gasteiger partial charge in [-0.1, -0.05) is 42.5 Å². The molecule has 27 heavy (non-hydrogen) atoms. The molecular formula is C23H23F3O. The molecule has 0 aromatic heterocycles. The van der Waals surface area contributed by atoms with Gasteiger partial charge in [0, 0.05) is 12.0 Å². The van der Waals surface area contributed by atoms with E-state index in [1.165, 1.54) is 12.2 Å². The lowest BCUT2D eigenvalue weighted by Crippen LogP contribution is -2.19. The molecule has 4 heteroatoms. The minimum atomic E-state index is -4.37. The van der Waals surface area contributed by atoms with Crippen molar-refractivity contribution in [2.24, 2.45) is 0 Å². The minimum absolute atomic E-state index is 0.116. The molecule has 0 heterocycles. The number of hydrogen-bond acceptors (Lipinski definition) is 1. The van der Waals surface area contributed by atoms with E-state index in [0.29, 0.717) is 17.5 Å². The predicted octanol–water partition coefficient (Wildman–Crippen LogP) is 6.49. The summed E-state index contributed by atoms with van der Waals surface area (Å²) in [5.74, 6) is -1.54. The van der Waals surface area contributed by atoms with Crippen LogP contribution in [0.15, 0.2) is 36.4 Å². The number of rotatable bonds is 3. The zero-order valence-corrected chi connectivity index (χ0v) is 15.8. The number of carbonyl (C=O) groups excluding carboxylic acids is 1. The van der Waals surface area contributed by atoms with Gasteiger partial charge in [-0.2, -0.15) is 13.2 Å². The summed E-state index contributed by atoms with van der Waals surface area (Å²) in [6, 6.07) is 8.53. The summed E-state index contributed by atoms with van der Waals surface area (Å²) in [6.45, 7) is 5.59. The number of hydrogen-bond donors (Lipinski definition) is 0. The van der Waals surface area contributed by atoms with E-state index in [2.05, 4.69) is 0 Å². The SMILES string of the molecule is Cc1cc(C(/C=C/c2ccc3c(c2)CCCC3=O)C(F)(F)F)cc(C)c1C. The average Bonchev–Trinajstić information content (AvgIpc) is 2.58. The number of aryl methyl sites for hydroxylation is 3. The monoisotopic (exact) mass is 372 g/mol. The summed E-state index contributed by atoms with van der Waals surface area (Å²) in [4.78, 5) is 11.9. The number of ketones is 1. The van der Waals surface area contributed by atoms with Crippen LogP contribution in [0.1, 0.15) is 62.5 Å². The molecule has 1 nitrogen and oxygen atoms in total. The van der Waals surface area contributed by atoms with Crippen LogP contribution in [-0.2, 0) is 6.42 Å². The summed E-state index contributed by atoms with van der Waals surface area (Å²) in [5, 5.41) is 0. The first-order chi connectivity index (χ1) is 12.7. The molecule has 0 amide bonds. The van der Waals surface area contributed by atoms with Gasteiger partial charge in [-0.15, -0.1) is 0 Å². The maximum Gasteiger partial charge on any atom is 0.399 e. The van der Waals surface area contributed by atoms with Gasteiger partial charge >= 0.3 is 6.18 Å². The highest BCUT2D eigenvalue weighted by Crippen LogP contribution is 2.38. The third-order valence-electron chi connectivity index (χ3n) is 5.42. The van der Waals surface area contributed by atoms with Crippen LogP contribution < -0.4 is 0 Å². The molecule has 1 atom stereocenters. The van der Waals surface area contributed by atoms with Crippen LogP contribution in [0.5, 0.6) is 0 Å². The van der Waals surface area contributed by atoms with Crippen LogP contribution in [0.3, 0.4) is 0 Å². The standard InChI is InChI=1S/C23H23F3O/c1-14-11-19(12-15(2)16(14)3)21(23(24,25)26)10-8-17-7-9-20-18(13-17)5-4-6-22(20)27/h7-13,21H,4-6H2,1-3H3/b10-8+. The second-order valence-corrected chi connectivity index (χ2v) is 7.35. The molecule has 0 spiro atoms. The number of fused-ring (bicyclic) bond motifs is 1. The van der Waals surface area contributed by atoms with E-state index in [9.17, 15) is 18.0 Å². The van der Waals surface area contributed by atoms with E-state index in [0.717, 1.165) is 35.1 Å². The van der Waals surface area contributed by atoms with Gasteiger partial charge in [0.25, 0.3) is 0 Å². The van der Waals surface area contributed by atoms with E-state index >= 15 is 0 Å². The Morgan fingerprint density at radius 1 is 1.00 bits per heavy atom. The molecule has 1 aliphatic carbocycles. The van der Waals surface area contributed by atoms with Crippen molar-refractivity contribution in [2.75, 3.05) is 0 Å². The molecule has 142 valence electrons. The highest BCUT2D eigenvalue weighted by Gasteiger charge is 2.39. The summed E-state index contributed by atoms with van der Waals surface area (Å²) in [6.07, 6.45) is 0.505. The van der Waals surface area contributed by atoms with Gasteiger partial charge in [0.2, 0.25) is 0 Å². The van der Waals surface area contributed by atoms with Crippen LogP contribution in [0.25, 0.3) is 6.08 Å². The number of allylic oxidation sites excluding steroid dienone is 1. The lowest BCUT2D eigenvalue weighted by Gasteiger charge is -2.20. The largest absolute Gasteiger partial charge is 0.399 e. The molecule has 0 fully saturated rings. The molecular weight excluding hydrogens is 349 g/mol. The van der Waals surface area contributed by atoms with Gasteiger partial charge in [0.1, 0.15) is 0 Å². The van der Waals surface area contributed by atoms with Crippen molar-refractivity contribution in [2.45, 2.75) is 52.1 Å². The average molecular weight is 372 g/mol. The first-order valence-electron chi connectivity index (χ1n) is 9.15. The van der Waals surface area contributed by atoms with Gasteiger partial charge in [0.05, 0.1) is 5.92 Å². The highest BCUT2D eigenvalue weighted by molar-refractivity contribution is 5.98. The zero-order chi connectivity index (χ0) is 19.8. The molecule has 2 aromatic carbocycles. The summed E-state index contributed by atoms with van der Waals surface area (Å²) in [7, 11) is 0. The Labute approximate surface area is 157 Å². The van der Waals surface area contributed by atoms with Crippen molar-refractivity contribution in [3.05, 3.63) is 75.4 Å². The Bertz CT molecular complexity index is 883. The van der Waals surface area contributed by atoms with Crippen molar-refractivity contribution in [1.29, 1.82) is 0 Å². The second kappa shape index (κ2) is 7.34. The maximum absolute atomic E-state index is 13.7. The minimum Gasteiger partial charge on any atom is -0.294 e. The third kappa shape index (κ3) is 4.15. The van der Waals surface area contributed by atoms with Gasteiger partial charge in [-0.25, -0.2) is 0 Å². The number of benzene rings is 2. The van der Waals surface area contributed by atoms with Crippen molar-refractivity contribution in [3.8, 4) is 0 Å². The Hall–Kier alpha value is -2.36. The second-order valence-electron chi connectivity index (χ2n) is 7.35.